The minimum Gasteiger partial charge on any atom is -0.378 e. The Morgan fingerprint density at radius 1 is 1.50 bits per heavy atom. The molecule has 0 radical (unpaired) electrons. The average Bonchev–Trinajstić information content (AvgIpc) is 2.75. The van der Waals surface area contributed by atoms with E-state index in [1.165, 1.54) is 12.0 Å². The van der Waals surface area contributed by atoms with Gasteiger partial charge in [0.15, 0.2) is 0 Å². The summed E-state index contributed by atoms with van der Waals surface area (Å²) in [5.41, 5.74) is 1.38. The van der Waals surface area contributed by atoms with E-state index in [2.05, 4.69) is 59.4 Å². The summed E-state index contributed by atoms with van der Waals surface area (Å²) >= 11 is 3.54. The second-order valence-electron chi connectivity index (χ2n) is 5.14. The first-order chi connectivity index (χ1) is 8.69. The molecule has 2 nitrogen and oxygen atoms in total. The van der Waals surface area contributed by atoms with Crippen LogP contribution in [-0.2, 0) is 11.2 Å². The van der Waals surface area contributed by atoms with Gasteiger partial charge < -0.3 is 10.1 Å². The molecule has 1 aromatic carbocycles. The maximum absolute atomic E-state index is 5.70. The molecule has 0 amide bonds. The molecule has 18 heavy (non-hydrogen) atoms. The highest BCUT2D eigenvalue weighted by molar-refractivity contribution is 9.10. The van der Waals surface area contributed by atoms with Crippen LogP contribution in [0, 0.1) is 5.92 Å². The normalized spacial score (nSPS) is 25.3. The first-order valence-corrected chi connectivity index (χ1v) is 7.57. The van der Waals surface area contributed by atoms with Crippen LogP contribution in [-0.4, -0.2) is 25.3 Å². The molecule has 1 heterocycles. The van der Waals surface area contributed by atoms with E-state index in [4.69, 9.17) is 4.74 Å². The minimum absolute atomic E-state index is 0.415. The Morgan fingerprint density at radius 2 is 2.33 bits per heavy atom. The minimum atomic E-state index is 0.415. The predicted molar refractivity (Wildman–Crippen MR) is 78.8 cm³/mol. The van der Waals surface area contributed by atoms with Crippen molar-refractivity contribution in [2.75, 3.05) is 13.2 Å². The molecule has 1 saturated heterocycles. The third-order valence-corrected chi connectivity index (χ3v) is 4.10. The summed E-state index contributed by atoms with van der Waals surface area (Å²) in [5, 5.41) is 3.62. The Bertz CT molecular complexity index is 383. The van der Waals surface area contributed by atoms with E-state index in [0.717, 1.165) is 24.0 Å². The van der Waals surface area contributed by atoms with Crippen molar-refractivity contribution >= 4 is 15.9 Å². The standard InChI is InChI=1S/C15H22BrNO/c1-3-17-15(13-7-11(2)18-10-13)9-12-5-4-6-14(16)8-12/h4-6,8,11,13,15,17H,3,7,9-10H2,1-2H3. The number of hydrogen-bond donors (Lipinski definition) is 1. The fraction of sp³-hybridized carbons (Fsp3) is 0.600. The number of hydrogen-bond acceptors (Lipinski definition) is 2. The van der Waals surface area contributed by atoms with E-state index in [1.807, 2.05) is 0 Å². The Labute approximate surface area is 118 Å². The summed E-state index contributed by atoms with van der Waals surface area (Å²) in [7, 11) is 0. The molecule has 1 aliphatic rings. The van der Waals surface area contributed by atoms with Crippen LogP contribution < -0.4 is 5.32 Å². The van der Waals surface area contributed by atoms with Gasteiger partial charge >= 0.3 is 0 Å². The number of benzene rings is 1. The number of ether oxygens (including phenoxy) is 1. The van der Waals surface area contributed by atoms with Gasteiger partial charge in [-0.1, -0.05) is 35.0 Å². The van der Waals surface area contributed by atoms with Crippen LogP contribution in [0.4, 0.5) is 0 Å². The summed E-state index contributed by atoms with van der Waals surface area (Å²) in [5.74, 6) is 0.638. The summed E-state index contributed by atoms with van der Waals surface area (Å²) in [4.78, 5) is 0. The largest absolute Gasteiger partial charge is 0.378 e. The van der Waals surface area contributed by atoms with E-state index in [9.17, 15) is 0 Å². The molecule has 3 heteroatoms. The molecule has 0 spiro atoms. The quantitative estimate of drug-likeness (QED) is 0.900. The zero-order valence-electron chi connectivity index (χ0n) is 11.2. The average molecular weight is 312 g/mol. The van der Waals surface area contributed by atoms with Crippen molar-refractivity contribution in [3.05, 3.63) is 34.3 Å². The smallest absolute Gasteiger partial charge is 0.0551 e. The van der Waals surface area contributed by atoms with Gasteiger partial charge in [-0.15, -0.1) is 0 Å². The number of nitrogens with one attached hydrogen (secondary N) is 1. The van der Waals surface area contributed by atoms with Crippen molar-refractivity contribution in [3.63, 3.8) is 0 Å². The van der Waals surface area contributed by atoms with E-state index < -0.39 is 0 Å². The molecule has 100 valence electrons. The zero-order chi connectivity index (χ0) is 13.0. The van der Waals surface area contributed by atoms with Crippen molar-refractivity contribution in [1.29, 1.82) is 0 Å². The first kappa shape index (κ1) is 14.0. The van der Waals surface area contributed by atoms with Crippen LogP contribution in [0.25, 0.3) is 0 Å². The fourth-order valence-electron chi connectivity index (χ4n) is 2.72. The zero-order valence-corrected chi connectivity index (χ0v) is 12.7. The molecule has 3 unspecified atom stereocenters. The summed E-state index contributed by atoms with van der Waals surface area (Å²) < 4.78 is 6.86. The van der Waals surface area contributed by atoms with E-state index in [-0.39, 0.29) is 0 Å². The van der Waals surface area contributed by atoms with Gasteiger partial charge in [0.1, 0.15) is 0 Å². The highest BCUT2D eigenvalue weighted by Crippen LogP contribution is 2.25. The summed E-state index contributed by atoms with van der Waals surface area (Å²) in [6.07, 6.45) is 2.67. The van der Waals surface area contributed by atoms with Gasteiger partial charge in [0, 0.05) is 16.4 Å². The van der Waals surface area contributed by atoms with Gasteiger partial charge in [0.2, 0.25) is 0 Å². The lowest BCUT2D eigenvalue weighted by atomic mass is 9.91. The molecule has 0 bridgehead atoms. The Kier molecular flexibility index (Phi) is 5.22. The van der Waals surface area contributed by atoms with Crippen LogP contribution in [0.5, 0.6) is 0 Å². The first-order valence-electron chi connectivity index (χ1n) is 6.78. The molecular weight excluding hydrogens is 290 g/mol. The summed E-state index contributed by atoms with van der Waals surface area (Å²) in [6, 6.07) is 9.12. The number of likely N-dealkylation sites (N-methyl/N-ethyl adjacent to an activating group) is 1. The van der Waals surface area contributed by atoms with Gasteiger partial charge in [0.05, 0.1) is 12.7 Å². The topological polar surface area (TPSA) is 21.3 Å². The lowest BCUT2D eigenvalue weighted by Crippen LogP contribution is -2.38. The molecule has 1 aromatic rings. The van der Waals surface area contributed by atoms with E-state index in [0.29, 0.717) is 18.1 Å². The molecule has 1 N–H and O–H groups in total. The molecule has 0 aromatic heterocycles. The molecule has 1 aliphatic heterocycles. The third-order valence-electron chi connectivity index (χ3n) is 3.61. The van der Waals surface area contributed by atoms with Gasteiger partial charge in [-0.25, -0.2) is 0 Å². The fourth-order valence-corrected chi connectivity index (χ4v) is 3.16. The van der Waals surface area contributed by atoms with Gasteiger partial charge in [0.25, 0.3) is 0 Å². The Hall–Kier alpha value is -0.380. The van der Waals surface area contributed by atoms with E-state index in [1.54, 1.807) is 0 Å². The molecule has 0 saturated carbocycles. The molecule has 3 atom stereocenters. The van der Waals surface area contributed by atoms with Crippen LogP contribution >= 0.6 is 15.9 Å². The number of rotatable bonds is 5. The van der Waals surface area contributed by atoms with Gasteiger partial charge in [-0.3, -0.25) is 0 Å². The van der Waals surface area contributed by atoms with Crippen molar-refractivity contribution in [1.82, 2.24) is 5.32 Å². The lowest BCUT2D eigenvalue weighted by molar-refractivity contribution is 0.117. The maximum Gasteiger partial charge on any atom is 0.0551 e. The van der Waals surface area contributed by atoms with E-state index >= 15 is 0 Å². The summed E-state index contributed by atoms with van der Waals surface area (Å²) in [6.45, 7) is 6.26. The Balaban J connectivity index is 2.01. The molecule has 2 rings (SSSR count). The van der Waals surface area contributed by atoms with Crippen molar-refractivity contribution < 1.29 is 4.74 Å². The Morgan fingerprint density at radius 3 is 2.94 bits per heavy atom. The highest BCUT2D eigenvalue weighted by Gasteiger charge is 2.29. The molecular formula is C15H22BrNO. The van der Waals surface area contributed by atoms with Crippen LogP contribution in [0.15, 0.2) is 28.7 Å². The van der Waals surface area contributed by atoms with Crippen LogP contribution in [0.2, 0.25) is 0 Å². The molecule has 0 aliphatic carbocycles. The third kappa shape index (κ3) is 3.81. The van der Waals surface area contributed by atoms with Crippen LogP contribution in [0.1, 0.15) is 25.8 Å². The molecule has 1 fully saturated rings. The predicted octanol–water partition coefficient (Wildman–Crippen LogP) is 3.39. The van der Waals surface area contributed by atoms with Crippen molar-refractivity contribution in [2.45, 2.75) is 38.8 Å². The number of halogens is 1. The van der Waals surface area contributed by atoms with Crippen molar-refractivity contribution in [3.8, 4) is 0 Å². The lowest BCUT2D eigenvalue weighted by Gasteiger charge is -2.23. The van der Waals surface area contributed by atoms with Gasteiger partial charge in [-0.2, -0.15) is 0 Å². The monoisotopic (exact) mass is 311 g/mol. The second-order valence-corrected chi connectivity index (χ2v) is 6.05. The highest BCUT2D eigenvalue weighted by atomic mass is 79.9. The van der Waals surface area contributed by atoms with Gasteiger partial charge in [-0.05, 0) is 44.0 Å². The van der Waals surface area contributed by atoms with Crippen molar-refractivity contribution in [2.24, 2.45) is 5.92 Å². The van der Waals surface area contributed by atoms with Crippen LogP contribution in [0.3, 0.4) is 0 Å². The second kappa shape index (κ2) is 6.69. The SMILES string of the molecule is CCNC(Cc1cccc(Br)c1)C1COC(C)C1. The maximum atomic E-state index is 5.70.